The Balaban J connectivity index is 1.79. The van der Waals surface area contributed by atoms with Crippen LogP contribution in [0.5, 0.6) is 0 Å². The normalized spacial score (nSPS) is 25.6. The van der Waals surface area contributed by atoms with E-state index in [1.807, 2.05) is 18.7 Å². The lowest BCUT2D eigenvalue weighted by Gasteiger charge is -2.43. The number of rotatable bonds is 5. The standard InChI is InChI=1S/C15H28N2O3/c1-3-17(4-2)14(18)12-16-13-5-8-20-15(11-13)6-9-19-10-7-15/h13,16H,3-12H2,1-2H3. The van der Waals surface area contributed by atoms with Crippen molar-refractivity contribution in [2.45, 2.75) is 51.2 Å². The third-order valence-electron chi connectivity index (χ3n) is 4.56. The number of nitrogens with zero attached hydrogens (tertiary/aromatic N) is 1. The van der Waals surface area contributed by atoms with Gasteiger partial charge in [-0.1, -0.05) is 0 Å². The van der Waals surface area contributed by atoms with Crippen molar-refractivity contribution < 1.29 is 14.3 Å². The molecule has 1 spiro atoms. The zero-order valence-electron chi connectivity index (χ0n) is 12.8. The smallest absolute Gasteiger partial charge is 0.236 e. The van der Waals surface area contributed by atoms with Crippen molar-refractivity contribution in [3.63, 3.8) is 0 Å². The molecule has 0 aliphatic carbocycles. The van der Waals surface area contributed by atoms with Crippen molar-refractivity contribution in [1.82, 2.24) is 10.2 Å². The molecule has 1 amide bonds. The van der Waals surface area contributed by atoms with Crippen LogP contribution < -0.4 is 5.32 Å². The molecule has 1 N–H and O–H groups in total. The van der Waals surface area contributed by atoms with Crippen molar-refractivity contribution in [2.75, 3.05) is 39.5 Å². The summed E-state index contributed by atoms with van der Waals surface area (Å²) in [6.45, 7) is 8.43. The molecule has 5 heteroatoms. The number of carbonyl (C=O) groups excluding carboxylic acids is 1. The molecule has 0 bridgehead atoms. The Morgan fingerprint density at radius 2 is 1.95 bits per heavy atom. The first-order valence-electron chi connectivity index (χ1n) is 7.92. The van der Waals surface area contributed by atoms with Crippen LogP contribution >= 0.6 is 0 Å². The summed E-state index contributed by atoms with van der Waals surface area (Å²) in [5.74, 6) is 0.197. The number of likely N-dealkylation sites (N-methyl/N-ethyl adjacent to an activating group) is 1. The summed E-state index contributed by atoms with van der Waals surface area (Å²) in [5.41, 5.74) is -0.00753. The van der Waals surface area contributed by atoms with Crippen LogP contribution in [0.3, 0.4) is 0 Å². The van der Waals surface area contributed by atoms with Crippen LogP contribution in [-0.2, 0) is 14.3 Å². The van der Waals surface area contributed by atoms with E-state index in [0.29, 0.717) is 12.6 Å². The summed E-state index contributed by atoms with van der Waals surface area (Å²) in [5, 5.41) is 3.43. The van der Waals surface area contributed by atoms with Gasteiger partial charge in [0.25, 0.3) is 0 Å². The first-order valence-corrected chi connectivity index (χ1v) is 7.92. The predicted octanol–water partition coefficient (Wildman–Crippen LogP) is 1.17. The highest BCUT2D eigenvalue weighted by molar-refractivity contribution is 5.78. The van der Waals surface area contributed by atoms with Gasteiger partial charge < -0.3 is 19.7 Å². The Hall–Kier alpha value is -0.650. The lowest BCUT2D eigenvalue weighted by Crippen LogP contribution is -2.51. The Morgan fingerprint density at radius 3 is 2.60 bits per heavy atom. The molecule has 1 atom stereocenters. The van der Waals surface area contributed by atoms with Gasteiger partial charge in [0.05, 0.1) is 12.1 Å². The maximum Gasteiger partial charge on any atom is 0.236 e. The van der Waals surface area contributed by atoms with E-state index in [9.17, 15) is 4.79 Å². The molecule has 2 fully saturated rings. The van der Waals surface area contributed by atoms with Gasteiger partial charge in [-0.2, -0.15) is 0 Å². The van der Waals surface area contributed by atoms with Crippen LogP contribution in [0, 0.1) is 0 Å². The fraction of sp³-hybridized carbons (Fsp3) is 0.933. The van der Waals surface area contributed by atoms with Gasteiger partial charge in [0.15, 0.2) is 0 Å². The Morgan fingerprint density at radius 1 is 1.25 bits per heavy atom. The highest BCUT2D eigenvalue weighted by Crippen LogP contribution is 2.34. The van der Waals surface area contributed by atoms with Gasteiger partial charge in [-0.15, -0.1) is 0 Å². The number of amides is 1. The molecule has 5 nitrogen and oxygen atoms in total. The van der Waals surface area contributed by atoms with Crippen molar-refractivity contribution in [1.29, 1.82) is 0 Å². The van der Waals surface area contributed by atoms with Gasteiger partial charge in [0.2, 0.25) is 5.91 Å². The Labute approximate surface area is 122 Å². The fourth-order valence-electron chi connectivity index (χ4n) is 3.21. The summed E-state index contributed by atoms with van der Waals surface area (Å²) in [4.78, 5) is 13.9. The van der Waals surface area contributed by atoms with E-state index in [2.05, 4.69) is 5.32 Å². The summed E-state index contributed by atoms with van der Waals surface area (Å²) < 4.78 is 11.4. The second-order valence-electron chi connectivity index (χ2n) is 5.78. The third kappa shape index (κ3) is 3.93. The summed E-state index contributed by atoms with van der Waals surface area (Å²) in [6.07, 6.45) is 3.96. The number of hydrogen-bond donors (Lipinski definition) is 1. The van der Waals surface area contributed by atoms with Gasteiger partial charge in [-0.3, -0.25) is 4.79 Å². The number of hydrogen-bond acceptors (Lipinski definition) is 4. The van der Waals surface area contributed by atoms with E-state index < -0.39 is 0 Å². The van der Waals surface area contributed by atoms with Gasteiger partial charge in [-0.25, -0.2) is 0 Å². The van der Waals surface area contributed by atoms with E-state index in [1.165, 1.54) is 0 Å². The monoisotopic (exact) mass is 284 g/mol. The molecule has 0 aromatic rings. The molecule has 2 heterocycles. The molecule has 2 aliphatic heterocycles. The molecule has 0 radical (unpaired) electrons. The third-order valence-corrected chi connectivity index (χ3v) is 4.56. The van der Waals surface area contributed by atoms with Gasteiger partial charge in [0.1, 0.15) is 0 Å². The molecule has 20 heavy (non-hydrogen) atoms. The zero-order chi connectivity index (χ0) is 14.4. The van der Waals surface area contributed by atoms with E-state index in [0.717, 1.165) is 58.6 Å². The molecular weight excluding hydrogens is 256 g/mol. The average Bonchev–Trinajstić information content (AvgIpc) is 2.47. The van der Waals surface area contributed by atoms with Gasteiger partial charge >= 0.3 is 0 Å². The number of ether oxygens (including phenoxy) is 2. The average molecular weight is 284 g/mol. The first kappa shape index (κ1) is 15.7. The first-order chi connectivity index (χ1) is 9.69. The van der Waals surface area contributed by atoms with Crippen LogP contribution in [0.1, 0.15) is 39.5 Å². The molecule has 116 valence electrons. The van der Waals surface area contributed by atoms with Crippen LogP contribution in [0.25, 0.3) is 0 Å². The second-order valence-corrected chi connectivity index (χ2v) is 5.78. The minimum absolute atomic E-state index is 0.00753. The molecule has 0 aromatic carbocycles. The van der Waals surface area contributed by atoms with Crippen molar-refractivity contribution in [3.05, 3.63) is 0 Å². The van der Waals surface area contributed by atoms with E-state index in [-0.39, 0.29) is 11.5 Å². The minimum atomic E-state index is -0.00753. The van der Waals surface area contributed by atoms with Crippen LogP contribution in [-0.4, -0.2) is 61.9 Å². The van der Waals surface area contributed by atoms with Crippen LogP contribution in [0.15, 0.2) is 0 Å². The molecule has 2 rings (SSSR count). The van der Waals surface area contributed by atoms with Crippen molar-refractivity contribution in [2.24, 2.45) is 0 Å². The van der Waals surface area contributed by atoms with E-state index >= 15 is 0 Å². The summed E-state index contributed by atoms with van der Waals surface area (Å²) >= 11 is 0. The fourth-order valence-corrected chi connectivity index (χ4v) is 3.21. The predicted molar refractivity (Wildman–Crippen MR) is 77.7 cm³/mol. The Kier molecular flexibility index (Phi) is 5.81. The highest BCUT2D eigenvalue weighted by atomic mass is 16.5. The maximum absolute atomic E-state index is 12.0. The van der Waals surface area contributed by atoms with E-state index in [4.69, 9.17) is 9.47 Å². The Bertz CT molecular complexity index is 307. The van der Waals surface area contributed by atoms with E-state index in [1.54, 1.807) is 0 Å². The van der Waals surface area contributed by atoms with Crippen LogP contribution in [0.2, 0.25) is 0 Å². The van der Waals surface area contributed by atoms with Gasteiger partial charge in [-0.05, 0) is 39.5 Å². The van der Waals surface area contributed by atoms with Crippen molar-refractivity contribution >= 4 is 5.91 Å². The quantitative estimate of drug-likeness (QED) is 0.823. The second kappa shape index (κ2) is 7.38. The molecule has 1 unspecified atom stereocenters. The largest absolute Gasteiger partial charge is 0.381 e. The lowest BCUT2D eigenvalue weighted by atomic mass is 9.84. The molecule has 0 aromatic heterocycles. The molecule has 2 saturated heterocycles. The molecular formula is C15H28N2O3. The minimum Gasteiger partial charge on any atom is -0.381 e. The molecule has 0 saturated carbocycles. The number of nitrogens with one attached hydrogen (secondary N) is 1. The zero-order valence-corrected chi connectivity index (χ0v) is 12.8. The SMILES string of the molecule is CCN(CC)C(=O)CNC1CCOC2(CCOCC2)C1. The molecule has 2 aliphatic rings. The topological polar surface area (TPSA) is 50.8 Å². The van der Waals surface area contributed by atoms with Crippen molar-refractivity contribution in [3.8, 4) is 0 Å². The van der Waals surface area contributed by atoms with Gasteiger partial charge in [0, 0.05) is 39.0 Å². The summed E-state index contributed by atoms with van der Waals surface area (Å²) in [6, 6.07) is 0.390. The highest BCUT2D eigenvalue weighted by Gasteiger charge is 2.38. The lowest BCUT2D eigenvalue weighted by molar-refractivity contribution is -0.142. The number of carbonyl (C=O) groups is 1. The summed E-state index contributed by atoms with van der Waals surface area (Å²) in [7, 11) is 0. The van der Waals surface area contributed by atoms with Crippen LogP contribution in [0.4, 0.5) is 0 Å². The maximum atomic E-state index is 12.0.